The van der Waals surface area contributed by atoms with Gasteiger partial charge in [0.2, 0.25) is 0 Å². The Balaban J connectivity index is 1.51. The maximum Gasteiger partial charge on any atom is 0.321 e. The van der Waals surface area contributed by atoms with Crippen molar-refractivity contribution in [3.05, 3.63) is 29.3 Å². The number of anilines is 1. The lowest BCUT2D eigenvalue weighted by Crippen LogP contribution is -2.50. The van der Waals surface area contributed by atoms with Crippen molar-refractivity contribution in [1.82, 2.24) is 9.80 Å². The normalized spacial score (nSPS) is 20.4. The third kappa shape index (κ3) is 3.19. The lowest BCUT2D eigenvalue weighted by atomic mass is 10.3. The number of amides is 2. The van der Waals surface area contributed by atoms with Gasteiger partial charge < -0.3 is 10.2 Å². The predicted octanol–water partition coefficient (Wildman–Crippen LogP) is 2.65. The number of carbonyl (C=O) groups is 1. The Morgan fingerprint density at radius 2 is 1.74 bits per heavy atom. The molecule has 1 saturated heterocycles. The van der Waals surface area contributed by atoms with Crippen LogP contribution in [0.15, 0.2) is 24.3 Å². The Labute approximate surface area is 118 Å². The first kappa shape index (κ1) is 12.8. The van der Waals surface area contributed by atoms with E-state index < -0.39 is 0 Å². The maximum absolute atomic E-state index is 12.1. The van der Waals surface area contributed by atoms with E-state index in [0.29, 0.717) is 5.02 Å². The van der Waals surface area contributed by atoms with E-state index in [4.69, 9.17) is 11.6 Å². The molecule has 1 saturated carbocycles. The second kappa shape index (κ2) is 5.39. The lowest BCUT2D eigenvalue weighted by Gasteiger charge is -2.34. The molecule has 2 aliphatic rings. The topological polar surface area (TPSA) is 35.6 Å². The number of nitrogens with one attached hydrogen (secondary N) is 1. The van der Waals surface area contributed by atoms with Crippen molar-refractivity contribution in [2.45, 2.75) is 18.9 Å². The smallest absolute Gasteiger partial charge is 0.321 e. The molecule has 0 spiro atoms. The van der Waals surface area contributed by atoms with Crippen LogP contribution in [0.1, 0.15) is 12.8 Å². The summed E-state index contributed by atoms with van der Waals surface area (Å²) in [6.45, 7) is 3.63. The molecule has 0 radical (unpaired) electrons. The number of hydrogen-bond donors (Lipinski definition) is 1. The fourth-order valence-electron chi connectivity index (χ4n) is 2.47. The standard InChI is InChI=1S/C14H18ClN3O/c15-11-1-3-12(4-2-11)16-14(19)18-9-7-17(8-10-18)13-5-6-13/h1-4,13H,5-10H2,(H,16,19). The van der Waals surface area contributed by atoms with E-state index in [1.807, 2.05) is 17.0 Å². The van der Waals surface area contributed by atoms with Crippen LogP contribution in [-0.2, 0) is 0 Å². The minimum Gasteiger partial charge on any atom is -0.322 e. The Bertz CT molecular complexity index is 450. The summed E-state index contributed by atoms with van der Waals surface area (Å²) in [5.41, 5.74) is 0.791. The average Bonchev–Trinajstić information content (AvgIpc) is 3.26. The third-order valence-corrected chi connectivity index (χ3v) is 4.01. The Hall–Kier alpha value is -1.26. The predicted molar refractivity (Wildman–Crippen MR) is 76.6 cm³/mol. The highest BCUT2D eigenvalue weighted by atomic mass is 35.5. The van der Waals surface area contributed by atoms with Gasteiger partial charge in [0, 0.05) is 42.9 Å². The van der Waals surface area contributed by atoms with Gasteiger partial charge >= 0.3 is 6.03 Å². The van der Waals surface area contributed by atoms with Crippen LogP contribution in [0.5, 0.6) is 0 Å². The molecule has 1 aromatic rings. The number of piperazine rings is 1. The van der Waals surface area contributed by atoms with Crippen LogP contribution < -0.4 is 5.32 Å². The van der Waals surface area contributed by atoms with E-state index >= 15 is 0 Å². The second-order valence-electron chi connectivity index (χ2n) is 5.19. The first-order valence-electron chi connectivity index (χ1n) is 6.78. The SMILES string of the molecule is O=C(Nc1ccc(Cl)cc1)N1CCN(C2CC2)CC1. The van der Waals surface area contributed by atoms with Crippen molar-refractivity contribution < 1.29 is 4.79 Å². The van der Waals surface area contributed by atoms with Crippen LogP contribution in [-0.4, -0.2) is 48.1 Å². The zero-order valence-electron chi connectivity index (χ0n) is 10.8. The molecule has 2 fully saturated rings. The molecule has 3 rings (SSSR count). The molecule has 102 valence electrons. The van der Waals surface area contributed by atoms with Gasteiger partial charge in [0.1, 0.15) is 0 Å². The molecule has 1 aliphatic heterocycles. The molecule has 1 aromatic carbocycles. The van der Waals surface area contributed by atoms with E-state index in [1.54, 1.807) is 12.1 Å². The summed E-state index contributed by atoms with van der Waals surface area (Å²) in [4.78, 5) is 16.5. The Morgan fingerprint density at radius 1 is 1.11 bits per heavy atom. The van der Waals surface area contributed by atoms with Crippen LogP contribution in [0, 0.1) is 0 Å². The van der Waals surface area contributed by atoms with Gasteiger partial charge in [0.25, 0.3) is 0 Å². The minimum atomic E-state index is -0.0160. The molecule has 19 heavy (non-hydrogen) atoms. The van der Waals surface area contributed by atoms with Crippen molar-refractivity contribution in [3.63, 3.8) is 0 Å². The Kier molecular flexibility index (Phi) is 3.62. The van der Waals surface area contributed by atoms with Gasteiger partial charge in [-0.15, -0.1) is 0 Å². The van der Waals surface area contributed by atoms with Crippen molar-refractivity contribution in [1.29, 1.82) is 0 Å². The van der Waals surface area contributed by atoms with E-state index in [1.165, 1.54) is 12.8 Å². The van der Waals surface area contributed by atoms with Crippen molar-refractivity contribution >= 4 is 23.3 Å². The zero-order chi connectivity index (χ0) is 13.2. The summed E-state index contributed by atoms with van der Waals surface area (Å²) in [6, 6.07) is 7.98. The van der Waals surface area contributed by atoms with Gasteiger partial charge in [-0.25, -0.2) is 4.79 Å². The number of benzene rings is 1. The molecule has 4 nitrogen and oxygen atoms in total. The highest BCUT2D eigenvalue weighted by Crippen LogP contribution is 2.27. The van der Waals surface area contributed by atoms with Crippen LogP contribution >= 0.6 is 11.6 Å². The molecule has 0 aromatic heterocycles. The lowest BCUT2D eigenvalue weighted by molar-refractivity contribution is 0.142. The molecular formula is C14H18ClN3O. The monoisotopic (exact) mass is 279 g/mol. The number of nitrogens with zero attached hydrogens (tertiary/aromatic N) is 2. The highest BCUT2D eigenvalue weighted by molar-refractivity contribution is 6.30. The maximum atomic E-state index is 12.1. The molecule has 1 aliphatic carbocycles. The van der Waals surface area contributed by atoms with Crippen LogP contribution in [0.4, 0.5) is 10.5 Å². The van der Waals surface area contributed by atoms with Gasteiger partial charge in [-0.05, 0) is 37.1 Å². The highest BCUT2D eigenvalue weighted by Gasteiger charge is 2.32. The number of rotatable bonds is 2. The molecule has 1 N–H and O–H groups in total. The molecule has 1 heterocycles. The summed E-state index contributed by atoms with van der Waals surface area (Å²) >= 11 is 5.82. The summed E-state index contributed by atoms with van der Waals surface area (Å²) in [7, 11) is 0. The largest absolute Gasteiger partial charge is 0.322 e. The molecule has 5 heteroatoms. The fraction of sp³-hybridized carbons (Fsp3) is 0.500. The van der Waals surface area contributed by atoms with Gasteiger partial charge in [-0.1, -0.05) is 11.6 Å². The van der Waals surface area contributed by atoms with Crippen LogP contribution in [0.3, 0.4) is 0 Å². The Morgan fingerprint density at radius 3 is 2.32 bits per heavy atom. The summed E-state index contributed by atoms with van der Waals surface area (Å²) in [5.74, 6) is 0. The quantitative estimate of drug-likeness (QED) is 0.903. The molecule has 0 bridgehead atoms. The van der Waals surface area contributed by atoms with Crippen LogP contribution in [0.25, 0.3) is 0 Å². The van der Waals surface area contributed by atoms with E-state index in [-0.39, 0.29) is 6.03 Å². The summed E-state index contributed by atoms with van der Waals surface area (Å²) < 4.78 is 0. The molecular weight excluding hydrogens is 262 g/mol. The first-order chi connectivity index (χ1) is 9.22. The number of urea groups is 1. The van der Waals surface area contributed by atoms with Gasteiger partial charge in [0.05, 0.1) is 0 Å². The minimum absolute atomic E-state index is 0.0160. The van der Waals surface area contributed by atoms with Crippen molar-refractivity contribution in [2.24, 2.45) is 0 Å². The van der Waals surface area contributed by atoms with Gasteiger partial charge in [0.15, 0.2) is 0 Å². The van der Waals surface area contributed by atoms with Gasteiger partial charge in [-0.3, -0.25) is 4.90 Å². The molecule has 0 unspecified atom stereocenters. The summed E-state index contributed by atoms with van der Waals surface area (Å²) in [6.07, 6.45) is 2.66. The summed E-state index contributed by atoms with van der Waals surface area (Å²) in [5, 5.41) is 3.59. The van der Waals surface area contributed by atoms with E-state index in [0.717, 1.165) is 37.9 Å². The second-order valence-corrected chi connectivity index (χ2v) is 5.63. The average molecular weight is 280 g/mol. The molecule has 0 atom stereocenters. The third-order valence-electron chi connectivity index (χ3n) is 3.76. The van der Waals surface area contributed by atoms with E-state index in [9.17, 15) is 4.79 Å². The number of halogens is 1. The van der Waals surface area contributed by atoms with Crippen molar-refractivity contribution in [3.8, 4) is 0 Å². The van der Waals surface area contributed by atoms with Crippen LogP contribution in [0.2, 0.25) is 5.02 Å². The number of carbonyl (C=O) groups excluding carboxylic acids is 1. The zero-order valence-corrected chi connectivity index (χ0v) is 11.6. The first-order valence-corrected chi connectivity index (χ1v) is 7.16. The van der Waals surface area contributed by atoms with E-state index in [2.05, 4.69) is 10.2 Å². The van der Waals surface area contributed by atoms with Crippen molar-refractivity contribution in [2.75, 3.05) is 31.5 Å². The molecule has 2 amide bonds. The number of hydrogen-bond acceptors (Lipinski definition) is 2. The fourth-order valence-corrected chi connectivity index (χ4v) is 2.59. The van der Waals surface area contributed by atoms with Gasteiger partial charge in [-0.2, -0.15) is 0 Å².